The first-order valence-electron chi connectivity index (χ1n) is 14.2. The van der Waals surface area contributed by atoms with Gasteiger partial charge in [-0.2, -0.15) is 0 Å². The Morgan fingerprint density at radius 2 is 1.66 bits per heavy atom. The zero-order valence-electron chi connectivity index (χ0n) is 23.7. The quantitative estimate of drug-likeness (QED) is 0.213. The Morgan fingerprint density at radius 3 is 2.37 bits per heavy atom. The summed E-state index contributed by atoms with van der Waals surface area (Å²) in [7, 11) is 5.72. The fourth-order valence-electron chi connectivity index (χ4n) is 6.56. The topological polar surface area (TPSA) is 32.8 Å². The van der Waals surface area contributed by atoms with Crippen molar-refractivity contribution in [2.24, 2.45) is 11.8 Å². The van der Waals surface area contributed by atoms with E-state index < -0.39 is 0 Å². The first-order chi connectivity index (χ1) is 19.9. The van der Waals surface area contributed by atoms with E-state index in [0.29, 0.717) is 17.3 Å². The zero-order valence-corrected chi connectivity index (χ0v) is 24.5. The van der Waals surface area contributed by atoms with Gasteiger partial charge in [0, 0.05) is 32.2 Å². The van der Waals surface area contributed by atoms with Crippen molar-refractivity contribution in [1.29, 1.82) is 0 Å². The van der Waals surface area contributed by atoms with Crippen LogP contribution in [0, 0.1) is 11.8 Å². The van der Waals surface area contributed by atoms with Crippen LogP contribution in [0.5, 0.6) is 5.75 Å². The summed E-state index contributed by atoms with van der Waals surface area (Å²) in [5, 5.41) is 0.560. The summed E-state index contributed by atoms with van der Waals surface area (Å²) in [5.41, 5.74) is 6.88. The lowest BCUT2D eigenvalue weighted by molar-refractivity contribution is -0.133. The number of amides is 1. The predicted molar refractivity (Wildman–Crippen MR) is 167 cm³/mol. The largest absolute Gasteiger partial charge is 0.495 e. The molecule has 1 saturated heterocycles. The maximum Gasteiger partial charge on any atom is 0.227 e. The molecule has 5 heteroatoms. The third-order valence-electron chi connectivity index (χ3n) is 8.61. The standard InChI is InChI=1S/C36H35ClN2O2/c1-38(2)29-18-15-25(16-19-29)26-11-7-12-27(21-26)30-13-8-14-31-34(30)36(40)39(23-24-9-5-4-6-10-24)35(31)28-17-20-33(41-3)32(37)22-28/h4-12,14-22,30-31,34-35H,13,23H2,1-3H3/t30-,31-,34-,35+/m1/s1. The van der Waals surface area contributed by atoms with Gasteiger partial charge in [-0.15, -0.1) is 0 Å². The number of hydrogen-bond donors (Lipinski definition) is 0. The second-order valence-electron chi connectivity index (χ2n) is 11.2. The number of carbonyl (C=O) groups is 1. The molecule has 41 heavy (non-hydrogen) atoms. The highest BCUT2D eigenvalue weighted by Gasteiger charge is 2.51. The van der Waals surface area contributed by atoms with Crippen molar-refractivity contribution >= 4 is 23.2 Å². The number of likely N-dealkylation sites (tertiary alicyclic amines) is 1. The van der Waals surface area contributed by atoms with E-state index in [1.165, 1.54) is 22.4 Å². The lowest BCUT2D eigenvalue weighted by Crippen LogP contribution is -2.31. The number of anilines is 1. The van der Waals surface area contributed by atoms with Crippen LogP contribution in [-0.4, -0.2) is 32.0 Å². The van der Waals surface area contributed by atoms with Crippen molar-refractivity contribution in [3.63, 3.8) is 0 Å². The summed E-state index contributed by atoms with van der Waals surface area (Å²) in [5.74, 6) is 0.818. The van der Waals surface area contributed by atoms with E-state index in [4.69, 9.17) is 16.3 Å². The van der Waals surface area contributed by atoms with Crippen LogP contribution in [0.1, 0.15) is 35.1 Å². The number of fused-ring (bicyclic) bond motifs is 1. The number of halogens is 1. The van der Waals surface area contributed by atoms with Crippen LogP contribution in [0.25, 0.3) is 11.1 Å². The van der Waals surface area contributed by atoms with Crippen molar-refractivity contribution in [1.82, 2.24) is 4.90 Å². The Hall–Kier alpha value is -4.02. The summed E-state index contributed by atoms with van der Waals surface area (Å²) < 4.78 is 5.42. The Balaban J connectivity index is 1.38. The van der Waals surface area contributed by atoms with E-state index in [-0.39, 0.29) is 29.7 Å². The van der Waals surface area contributed by atoms with Crippen molar-refractivity contribution < 1.29 is 9.53 Å². The predicted octanol–water partition coefficient (Wildman–Crippen LogP) is 8.14. The van der Waals surface area contributed by atoms with Gasteiger partial charge < -0.3 is 14.5 Å². The number of carbonyl (C=O) groups excluding carboxylic acids is 1. The van der Waals surface area contributed by atoms with Crippen molar-refractivity contribution in [2.45, 2.75) is 24.9 Å². The average Bonchev–Trinajstić information content (AvgIpc) is 3.28. The molecule has 0 unspecified atom stereocenters. The highest BCUT2D eigenvalue weighted by Crippen LogP contribution is 2.52. The molecule has 4 atom stereocenters. The summed E-state index contributed by atoms with van der Waals surface area (Å²) in [4.78, 5) is 18.6. The molecule has 1 aliphatic carbocycles. The highest BCUT2D eigenvalue weighted by atomic mass is 35.5. The third-order valence-corrected chi connectivity index (χ3v) is 8.91. The molecule has 1 heterocycles. The number of allylic oxidation sites excluding steroid dienone is 1. The Labute approximate surface area is 247 Å². The second kappa shape index (κ2) is 11.5. The molecule has 0 saturated carbocycles. The summed E-state index contributed by atoms with van der Waals surface area (Å²) >= 11 is 6.61. The van der Waals surface area contributed by atoms with Crippen molar-refractivity contribution in [3.8, 4) is 16.9 Å². The first-order valence-corrected chi connectivity index (χ1v) is 14.5. The van der Waals surface area contributed by atoms with Crippen LogP contribution in [-0.2, 0) is 11.3 Å². The first kappa shape index (κ1) is 27.2. The van der Waals surface area contributed by atoms with E-state index in [9.17, 15) is 4.79 Å². The smallest absolute Gasteiger partial charge is 0.227 e. The van der Waals surface area contributed by atoms with Crippen LogP contribution in [0.2, 0.25) is 5.02 Å². The van der Waals surface area contributed by atoms with E-state index in [1.807, 2.05) is 30.3 Å². The summed E-state index contributed by atoms with van der Waals surface area (Å²) in [6.45, 7) is 0.555. The van der Waals surface area contributed by atoms with Crippen LogP contribution in [0.3, 0.4) is 0 Å². The molecule has 1 amide bonds. The van der Waals surface area contributed by atoms with Gasteiger partial charge in [-0.3, -0.25) is 4.79 Å². The van der Waals surface area contributed by atoms with E-state index in [0.717, 1.165) is 17.5 Å². The number of hydrogen-bond acceptors (Lipinski definition) is 3. The third kappa shape index (κ3) is 5.25. The van der Waals surface area contributed by atoms with Gasteiger partial charge in [0.2, 0.25) is 5.91 Å². The maximum absolute atomic E-state index is 14.4. The number of benzene rings is 4. The molecule has 0 radical (unpaired) electrons. The maximum atomic E-state index is 14.4. The molecular formula is C36H35ClN2O2. The normalized spacial score (nSPS) is 21.6. The fraction of sp³-hybridized carbons (Fsp3) is 0.250. The van der Waals surface area contributed by atoms with Gasteiger partial charge in [0.1, 0.15) is 5.75 Å². The van der Waals surface area contributed by atoms with Crippen molar-refractivity contribution in [2.75, 3.05) is 26.1 Å². The SMILES string of the molecule is COc1ccc([C@H]2[C@@H]3C=CC[C@H](c4cccc(-c5ccc(N(C)C)cc5)c4)[C@H]3C(=O)N2Cc2ccccc2)cc1Cl. The van der Waals surface area contributed by atoms with E-state index in [2.05, 4.69) is 103 Å². The lowest BCUT2D eigenvalue weighted by atomic mass is 9.71. The van der Waals surface area contributed by atoms with Gasteiger partial charge in [0.15, 0.2) is 0 Å². The van der Waals surface area contributed by atoms with Crippen molar-refractivity contribution in [3.05, 3.63) is 131 Å². The van der Waals surface area contributed by atoms with Gasteiger partial charge in [0.05, 0.1) is 24.1 Å². The van der Waals surface area contributed by atoms with Crippen LogP contribution >= 0.6 is 11.6 Å². The number of rotatable bonds is 7. The van der Waals surface area contributed by atoms with Crippen LogP contribution in [0.15, 0.2) is 109 Å². The highest BCUT2D eigenvalue weighted by molar-refractivity contribution is 6.32. The molecule has 0 bridgehead atoms. The number of methoxy groups -OCH3 is 1. The lowest BCUT2D eigenvalue weighted by Gasteiger charge is -2.31. The minimum absolute atomic E-state index is 0.0393. The fourth-order valence-corrected chi connectivity index (χ4v) is 6.83. The molecular weight excluding hydrogens is 528 g/mol. The minimum atomic E-state index is -0.152. The molecule has 0 spiro atoms. The van der Waals surface area contributed by atoms with Gasteiger partial charge in [0.25, 0.3) is 0 Å². The van der Waals surface area contributed by atoms with Gasteiger partial charge in [-0.1, -0.05) is 96.5 Å². The molecule has 0 aromatic heterocycles. The molecule has 4 nitrogen and oxygen atoms in total. The Kier molecular flexibility index (Phi) is 7.59. The van der Waals surface area contributed by atoms with Crippen LogP contribution < -0.4 is 9.64 Å². The molecule has 6 rings (SSSR count). The summed E-state index contributed by atoms with van der Waals surface area (Å²) in [6.07, 6.45) is 5.36. The van der Waals surface area contributed by atoms with E-state index >= 15 is 0 Å². The molecule has 2 aliphatic rings. The number of nitrogens with zero attached hydrogens (tertiary/aromatic N) is 2. The zero-order chi connectivity index (χ0) is 28.5. The number of ether oxygens (including phenoxy) is 1. The molecule has 4 aromatic carbocycles. The molecule has 1 aliphatic heterocycles. The van der Waals surface area contributed by atoms with Crippen LogP contribution in [0.4, 0.5) is 5.69 Å². The molecule has 208 valence electrons. The Morgan fingerprint density at radius 1 is 0.878 bits per heavy atom. The van der Waals surface area contributed by atoms with E-state index in [1.54, 1.807) is 7.11 Å². The monoisotopic (exact) mass is 562 g/mol. The molecule has 4 aromatic rings. The van der Waals surface area contributed by atoms with Gasteiger partial charge >= 0.3 is 0 Å². The second-order valence-corrected chi connectivity index (χ2v) is 11.6. The molecule has 0 N–H and O–H groups in total. The summed E-state index contributed by atoms with van der Waals surface area (Å²) in [6, 6.07) is 33.4. The molecule has 1 fully saturated rings. The van der Waals surface area contributed by atoms with Gasteiger partial charge in [-0.25, -0.2) is 0 Å². The average molecular weight is 563 g/mol. The Bertz CT molecular complexity index is 1560. The minimum Gasteiger partial charge on any atom is -0.495 e. The van der Waals surface area contributed by atoms with Gasteiger partial charge in [-0.05, 0) is 64.4 Å².